The zero-order valence-electron chi connectivity index (χ0n) is 10.1. The zero-order valence-corrected chi connectivity index (χ0v) is 11.6. The molecular formula is C11H17ClN2O3S. The number of aliphatic hydroxyl groups excluding tert-OH is 1. The molecule has 0 bridgehead atoms. The summed E-state index contributed by atoms with van der Waals surface area (Å²) in [5.41, 5.74) is 5.77. The van der Waals surface area contributed by atoms with Gasteiger partial charge in [0.25, 0.3) is 0 Å². The second kappa shape index (κ2) is 6.38. The van der Waals surface area contributed by atoms with Gasteiger partial charge in [-0.3, -0.25) is 0 Å². The molecular weight excluding hydrogens is 276 g/mol. The molecule has 18 heavy (non-hydrogen) atoms. The van der Waals surface area contributed by atoms with Gasteiger partial charge >= 0.3 is 0 Å². The van der Waals surface area contributed by atoms with Gasteiger partial charge in [0, 0.05) is 6.04 Å². The maximum Gasteiger partial charge on any atom is 0.240 e. The third-order valence-electron chi connectivity index (χ3n) is 2.46. The molecule has 1 atom stereocenters. The first-order valence-corrected chi connectivity index (χ1v) is 7.45. The van der Waals surface area contributed by atoms with Crippen LogP contribution in [0.15, 0.2) is 23.1 Å². The summed E-state index contributed by atoms with van der Waals surface area (Å²) in [6.07, 6.45) is 1.34. The van der Waals surface area contributed by atoms with E-state index in [4.69, 9.17) is 22.4 Å². The van der Waals surface area contributed by atoms with Gasteiger partial charge in [-0.05, 0) is 24.6 Å². The first-order chi connectivity index (χ1) is 8.40. The van der Waals surface area contributed by atoms with Crippen LogP contribution in [-0.4, -0.2) is 26.2 Å². The number of benzene rings is 1. The first-order valence-electron chi connectivity index (χ1n) is 5.59. The van der Waals surface area contributed by atoms with Crippen LogP contribution in [0, 0.1) is 0 Å². The Labute approximate surface area is 112 Å². The number of nitrogens with two attached hydrogens (primary N) is 1. The van der Waals surface area contributed by atoms with E-state index < -0.39 is 16.1 Å². The Hall–Kier alpha value is -0.820. The molecule has 0 unspecified atom stereocenters. The minimum absolute atomic E-state index is 0.0407. The number of anilines is 1. The number of nitrogen functional groups attached to an aromatic ring is 1. The van der Waals surface area contributed by atoms with Crippen LogP contribution >= 0.6 is 11.6 Å². The van der Waals surface area contributed by atoms with Gasteiger partial charge in [0.05, 0.1) is 22.2 Å². The fraction of sp³-hybridized carbons (Fsp3) is 0.455. The normalized spacial score (nSPS) is 13.5. The van der Waals surface area contributed by atoms with Crippen LogP contribution in [0.2, 0.25) is 5.02 Å². The molecule has 0 aliphatic carbocycles. The highest BCUT2D eigenvalue weighted by atomic mass is 35.5. The van der Waals surface area contributed by atoms with Gasteiger partial charge in [0.15, 0.2) is 0 Å². The Kier molecular flexibility index (Phi) is 5.40. The van der Waals surface area contributed by atoms with Gasteiger partial charge in [-0.2, -0.15) is 0 Å². The lowest BCUT2D eigenvalue weighted by molar-refractivity contribution is 0.250. The van der Waals surface area contributed by atoms with E-state index in [1.54, 1.807) is 0 Å². The topological polar surface area (TPSA) is 92.4 Å². The van der Waals surface area contributed by atoms with E-state index in [9.17, 15) is 8.42 Å². The lowest BCUT2D eigenvalue weighted by atomic mass is 10.2. The van der Waals surface area contributed by atoms with E-state index in [0.717, 1.165) is 6.42 Å². The van der Waals surface area contributed by atoms with Crippen molar-refractivity contribution >= 4 is 27.3 Å². The molecule has 0 heterocycles. The summed E-state index contributed by atoms with van der Waals surface area (Å²) < 4.78 is 26.5. The van der Waals surface area contributed by atoms with Gasteiger partial charge < -0.3 is 10.8 Å². The summed E-state index contributed by atoms with van der Waals surface area (Å²) in [4.78, 5) is 0.0407. The van der Waals surface area contributed by atoms with Crippen molar-refractivity contribution in [2.24, 2.45) is 0 Å². The van der Waals surface area contributed by atoms with Crippen molar-refractivity contribution in [3.8, 4) is 0 Å². The third kappa shape index (κ3) is 3.84. The molecule has 7 heteroatoms. The highest BCUT2D eigenvalue weighted by molar-refractivity contribution is 7.89. The van der Waals surface area contributed by atoms with Crippen molar-refractivity contribution in [1.82, 2.24) is 4.72 Å². The Morgan fingerprint density at radius 1 is 1.50 bits per heavy atom. The quantitative estimate of drug-likeness (QED) is 0.690. The summed E-state index contributed by atoms with van der Waals surface area (Å²) in [6, 6.07) is 3.61. The van der Waals surface area contributed by atoms with Crippen LogP contribution in [-0.2, 0) is 10.0 Å². The molecule has 0 aliphatic rings. The second-order valence-corrected chi connectivity index (χ2v) is 6.09. The van der Waals surface area contributed by atoms with Gasteiger partial charge in [-0.15, -0.1) is 0 Å². The van der Waals surface area contributed by atoms with Crippen molar-refractivity contribution in [3.05, 3.63) is 23.2 Å². The SMILES string of the molecule is CCC[C@@H](CO)NS(=O)(=O)c1ccc(Cl)c(N)c1. The molecule has 0 radical (unpaired) electrons. The Balaban J connectivity index is 2.95. The monoisotopic (exact) mass is 292 g/mol. The molecule has 5 nitrogen and oxygen atoms in total. The highest BCUT2D eigenvalue weighted by Crippen LogP contribution is 2.22. The molecule has 0 fully saturated rings. The lowest BCUT2D eigenvalue weighted by Crippen LogP contribution is -2.37. The van der Waals surface area contributed by atoms with Crippen LogP contribution in [0.5, 0.6) is 0 Å². The molecule has 1 aromatic carbocycles. The number of rotatable bonds is 6. The Morgan fingerprint density at radius 3 is 2.67 bits per heavy atom. The zero-order chi connectivity index (χ0) is 13.8. The van der Waals surface area contributed by atoms with Gasteiger partial charge in [-0.1, -0.05) is 24.9 Å². The van der Waals surface area contributed by atoms with Gasteiger partial charge in [-0.25, -0.2) is 13.1 Å². The van der Waals surface area contributed by atoms with Crippen LogP contribution in [0.3, 0.4) is 0 Å². The van der Waals surface area contributed by atoms with E-state index in [0.29, 0.717) is 11.4 Å². The van der Waals surface area contributed by atoms with Crippen molar-refractivity contribution in [2.45, 2.75) is 30.7 Å². The Bertz CT molecular complexity index is 505. The molecule has 102 valence electrons. The van der Waals surface area contributed by atoms with Crippen molar-refractivity contribution < 1.29 is 13.5 Å². The average molecular weight is 293 g/mol. The summed E-state index contributed by atoms with van der Waals surface area (Å²) in [5.74, 6) is 0. The predicted molar refractivity (Wildman–Crippen MR) is 72.0 cm³/mol. The molecule has 1 aromatic rings. The largest absolute Gasteiger partial charge is 0.397 e. The third-order valence-corrected chi connectivity index (χ3v) is 4.32. The number of hydrogen-bond acceptors (Lipinski definition) is 4. The molecule has 0 amide bonds. The standard InChI is InChI=1S/C11H17ClN2O3S/c1-2-3-8(7-15)14-18(16,17)9-4-5-10(12)11(13)6-9/h4-6,8,14-15H,2-3,7,13H2,1H3/t8-/m0/s1. The molecule has 0 aliphatic heterocycles. The maximum atomic E-state index is 12.0. The lowest BCUT2D eigenvalue weighted by Gasteiger charge is -2.15. The van der Waals surface area contributed by atoms with Crippen LogP contribution in [0.25, 0.3) is 0 Å². The minimum Gasteiger partial charge on any atom is -0.397 e. The number of halogens is 1. The maximum absolute atomic E-state index is 12.0. The molecule has 0 saturated heterocycles. The average Bonchev–Trinajstić information content (AvgIpc) is 2.31. The molecule has 4 N–H and O–H groups in total. The van der Waals surface area contributed by atoms with Gasteiger partial charge in [0.2, 0.25) is 10.0 Å². The van der Waals surface area contributed by atoms with E-state index in [2.05, 4.69) is 4.72 Å². The van der Waals surface area contributed by atoms with Crippen molar-refractivity contribution in [2.75, 3.05) is 12.3 Å². The number of hydrogen-bond donors (Lipinski definition) is 3. The smallest absolute Gasteiger partial charge is 0.240 e. The van der Waals surface area contributed by atoms with Crippen molar-refractivity contribution in [3.63, 3.8) is 0 Å². The van der Waals surface area contributed by atoms with E-state index >= 15 is 0 Å². The van der Waals surface area contributed by atoms with Crippen LogP contribution in [0.4, 0.5) is 5.69 Å². The minimum atomic E-state index is -3.68. The molecule has 0 saturated carbocycles. The number of sulfonamides is 1. The molecule has 0 aromatic heterocycles. The summed E-state index contributed by atoms with van der Waals surface area (Å²) in [7, 11) is -3.68. The fourth-order valence-electron chi connectivity index (χ4n) is 1.51. The summed E-state index contributed by atoms with van der Waals surface area (Å²) >= 11 is 5.73. The molecule has 1 rings (SSSR count). The second-order valence-electron chi connectivity index (χ2n) is 3.97. The highest BCUT2D eigenvalue weighted by Gasteiger charge is 2.19. The van der Waals surface area contributed by atoms with E-state index in [1.807, 2.05) is 6.92 Å². The predicted octanol–water partition coefficient (Wildman–Crippen LogP) is 1.36. The van der Waals surface area contributed by atoms with E-state index in [-0.39, 0.29) is 17.2 Å². The fourth-order valence-corrected chi connectivity index (χ4v) is 2.93. The number of nitrogens with one attached hydrogen (secondary N) is 1. The molecule has 0 spiro atoms. The number of aliphatic hydroxyl groups is 1. The first kappa shape index (κ1) is 15.2. The van der Waals surface area contributed by atoms with Crippen LogP contribution < -0.4 is 10.5 Å². The van der Waals surface area contributed by atoms with E-state index in [1.165, 1.54) is 18.2 Å². The summed E-state index contributed by atoms with van der Waals surface area (Å²) in [6.45, 7) is 1.67. The van der Waals surface area contributed by atoms with Crippen molar-refractivity contribution in [1.29, 1.82) is 0 Å². The van der Waals surface area contributed by atoms with Crippen LogP contribution in [0.1, 0.15) is 19.8 Å². The summed E-state index contributed by atoms with van der Waals surface area (Å²) in [5, 5.41) is 9.40. The Morgan fingerprint density at radius 2 is 2.17 bits per heavy atom. The van der Waals surface area contributed by atoms with Gasteiger partial charge in [0.1, 0.15) is 0 Å².